The van der Waals surface area contributed by atoms with Gasteiger partial charge in [-0.1, -0.05) is 53.9 Å². The summed E-state index contributed by atoms with van der Waals surface area (Å²) >= 11 is 4.65. The fourth-order valence-electron chi connectivity index (χ4n) is 1.37. The van der Waals surface area contributed by atoms with Gasteiger partial charge in [-0.15, -0.1) is 10.2 Å². The second kappa shape index (κ2) is 7.23. The average molecular weight is 316 g/mol. The van der Waals surface area contributed by atoms with Crippen LogP contribution in [0.5, 0.6) is 0 Å². The summed E-state index contributed by atoms with van der Waals surface area (Å²) < 4.78 is 14.6. The molecular weight excluding hydrogens is 303 g/mol. The Morgan fingerprint density at radius 1 is 1.21 bits per heavy atom. The SMILES string of the molecule is CCSc1nnc(SCC(O)c2ccc(F)cc2)s1. The lowest BCUT2D eigenvalue weighted by atomic mass is 10.1. The quantitative estimate of drug-likeness (QED) is 0.825. The summed E-state index contributed by atoms with van der Waals surface area (Å²) in [5, 5.41) is 18.1. The van der Waals surface area contributed by atoms with Crippen molar-refractivity contribution in [1.82, 2.24) is 10.2 Å². The number of hydrogen-bond acceptors (Lipinski definition) is 6. The highest BCUT2D eigenvalue weighted by atomic mass is 32.2. The van der Waals surface area contributed by atoms with Crippen molar-refractivity contribution < 1.29 is 9.50 Å². The van der Waals surface area contributed by atoms with Gasteiger partial charge in [-0.25, -0.2) is 4.39 Å². The Labute approximate surface area is 123 Å². The fraction of sp³-hybridized carbons (Fsp3) is 0.333. The lowest BCUT2D eigenvalue weighted by Crippen LogP contribution is -2.00. The standard InChI is InChI=1S/C12H13FN2OS3/c1-2-17-11-14-15-12(19-11)18-7-10(16)8-3-5-9(13)6-4-8/h3-6,10,16H,2,7H2,1H3. The van der Waals surface area contributed by atoms with E-state index in [0.717, 1.165) is 14.4 Å². The first-order chi connectivity index (χ1) is 9.19. The van der Waals surface area contributed by atoms with Gasteiger partial charge in [0.25, 0.3) is 0 Å². The molecule has 0 aliphatic rings. The Kier molecular flexibility index (Phi) is 5.62. The Bertz CT molecular complexity index is 518. The number of thioether (sulfide) groups is 2. The predicted molar refractivity (Wildman–Crippen MR) is 78.4 cm³/mol. The van der Waals surface area contributed by atoms with E-state index in [1.807, 2.05) is 0 Å². The fourth-order valence-corrected chi connectivity index (χ4v) is 4.28. The summed E-state index contributed by atoms with van der Waals surface area (Å²) in [6.45, 7) is 2.07. The highest BCUT2D eigenvalue weighted by molar-refractivity contribution is 8.03. The molecular formula is C12H13FN2OS3. The second-order valence-electron chi connectivity index (χ2n) is 3.65. The Morgan fingerprint density at radius 3 is 2.47 bits per heavy atom. The molecule has 0 fully saturated rings. The summed E-state index contributed by atoms with van der Waals surface area (Å²) in [6, 6.07) is 5.90. The monoisotopic (exact) mass is 316 g/mol. The molecule has 0 bridgehead atoms. The zero-order valence-electron chi connectivity index (χ0n) is 10.2. The molecule has 1 N–H and O–H groups in total. The van der Waals surface area contributed by atoms with Crippen LogP contribution in [0.4, 0.5) is 4.39 Å². The molecule has 1 atom stereocenters. The number of nitrogens with zero attached hydrogens (tertiary/aromatic N) is 2. The van der Waals surface area contributed by atoms with Crippen LogP contribution in [-0.2, 0) is 0 Å². The van der Waals surface area contributed by atoms with Crippen molar-refractivity contribution in [2.24, 2.45) is 0 Å². The van der Waals surface area contributed by atoms with Crippen LogP contribution in [-0.4, -0.2) is 26.8 Å². The zero-order valence-corrected chi connectivity index (χ0v) is 12.7. The number of aliphatic hydroxyl groups is 1. The van der Waals surface area contributed by atoms with Gasteiger partial charge in [0.15, 0.2) is 8.68 Å². The van der Waals surface area contributed by atoms with Crippen molar-refractivity contribution in [3.05, 3.63) is 35.6 Å². The first-order valence-corrected chi connectivity index (χ1v) is 8.50. The molecule has 0 aliphatic heterocycles. The third kappa shape index (κ3) is 4.45. The molecule has 0 saturated carbocycles. The van der Waals surface area contributed by atoms with Gasteiger partial charge in [-0.3, -0.25) is 0 Å². The van der Waals surface area contributed by atoms with Gasteiger partial charge >= 0.3 is 0 Å². The van der Waals surface area contributed by atoms with E-state index in [0.29, 0.717) is 11.3 Å². The summed E-state index contributed by atoms with van der Waals surface area (Å²) in [7, 11) is 0. The summed E-state index contributed by atoms with van der Waals surface area (Å²) in [4.78, 5) is 0. The van der Waals surface area contributed by atoms with Crippen LogP contribution in [0.1, 0.15) is 18.6 Å². The second-order valence-corrected chi connectivity index (χ2v) is 7.40. The van der Waals surface area contributed by atoms with Crippen LogP contribution < -0.4 is 0 Å². The normalized spacial score (nSPS) is 12.6. The molecule has 1 unspecified atom stereocenters. The number of rotatable bonds is 6. The molecule has 3 nitrogen and oxygen atoms in total. The van der Waals surface area contributed by atoms with Gasteiger partial charge in [0.05, 0.1) is 6.10 Å². The van der Waals surface area contributed by atoms with E-state index in [4.69, 9.17) is 0 Å². The number of aromatic nitrogens is 2. The van der Waals surface area contributed by atoms with Crippen LogP contribution in [0.3, 0.4) is 0 Å². The molecule has 7 heteroatoms. The van der Waals surface area contributed by atoms with Crippen LogP contribution in [0, 0.1) is 5.82 Å². The molecule has 19 heavy (non-hydrogen) atoms. The molecule has 0 spiro atoms. The molecule has 2 aromatic rings. The molecule has 1 aromatic heterocycles. The molecule has 0 radical (unpaired) electrons. The number of halogens is 1. The van der Waals surface area contributed by atoms with E-state index in [2.05, 4.69) is 17.1 Å². The lowest BCUT2D eigenvalue weighted by molar-refractivity contribution is 0.204. The number of aliphatic hydroxyl groups excluding tert-OH is 1. The Morgan fingerprint density at radius 2 is 1.84 bits per heavy atom. The first-order valence-electron chi connectivity index (χ1n) is 5.71. The number of hydrogen-bond donors (Lipinski definition) is 1. The van der Waals surface area contributed by atoms with Crippen LogP contribution in [0.15, 0.2) is 32.9 Å². The molecule has 0 saturated heterocycles. The summed E-state index contributed by atoms with van der Waals surface area (Å²) in [5.41, 5.74) is 0.710. The molecule has 1 heterocycles. The summed E-state index contributed by atoms with van der Waals surface area (Å²) in [5.74, 6) is 1.16. The van der Waals surface area contributed by atoms with Gasteiger partial charge in [0.2, 0.25) is 0 Å². The minimum absolute atomic E-state index is 0.297. The Hall–Kier alpha value is -0.630. The third-order valence-electron chi connectivity index (χ3n) is 2.28. The number of benzene rings is 1. The smallest absolute Gasteiger partial charge is 0.175 e. The maximum atomic E-state index is 12.8. The lowest BCUT2D eigenvalue weighted by Gasteiger charge is -2.08. The van der Waals surface area contributed by atoms with Crippen molar-refractivity contribution in [2.45, 2.75) is 21.7 Å². The first kappa shape index (κ1) is 14.8. The van der Waals surface area contributed by atoms with Crippen molar-refractivity contribution in [3.8, 4) is 0 Å². The highest BCUT2D eigenvalue weighted by Gasteiger charge is 2.11. The average Bonchev–Trinajstić information content (AvgIpc) is 2.85. The zero-order chi connectivity index (χ0) is 13.7. The van der Waals surface area contributed by atoms with Crippen molar-refractivity contribution in [1.29, 1.82) is 0 Å². The van der Waals surface area contributed by atoms with Crippen LogP contribution in [0.25, 0.3) is 0 Å². The van der Waals surface area contributed by atoms with Crippen molar-refractivity contribution >= 4 is 34.9 Å². The van der Waals surface area contributed by atoms with Gasteiger partial charge in [-0.2, -0.15) is 0 Å². The molecule has 0 aliphatic carbocycles. The van der Waals surface area contributed by atoms with E-state index >= 15 is 0 Å². The molecule has 1 aromatic carbocycles. The molecule has 2 rings (SSSR count). The highest BCUT2D eigenvalue weighted by Crippen LogP contribution is 2.30. The Balaban J connectivity index is 1.88. The van der Waals surface area contributed by atoms with E-state index < -0.39 is 6.10 Å². The van der Waals surface area contributed by atoms with Gasteiger partial charge in [0, 0.05) is 5.75 Å². The van der Waals surface area contributed by atoms with Gasteiger partial charge < -0.3 is 5.11 Å². The minimum atomic E-state index is -0.628. The summed E-state index contributed by atoms with van der Waals surface area (Å²) in [6.07, 6.45) is -0.628. The third-order valence-corrected chi connectivity index (χ3v) is 5.42. The van der Waals surface area contributed by atoms with Gasteiger partial charge in [0.1, 0.15) is 5.82 Å². The van der Waals surface area contributed by atoms with E-state index in [1.165, 1.54) is 35.2 Å². The van der Waals surface area contributed by atoms with E-state index in [1.54, 1.807) is 23.9 Å². The largest absolute Gasteiger partial charge is 0.388 e. The maximum Gasteiger partial charge on any atom is 0.175 e. The maximum absolute atomic E-state index is 12.8. The topological polar surface area (TPSA) is 46.0 Å². The molecule has 102 valence electrons. The van der Waals surface area contributed by atoms with Crippen LogP contribution in [0.2, 0.25) is 0 Å². The van der Waals surface area contributed by atoms with Crippen LogP contribution >= 0.6 is 34.9 Å². The van der Waals surface area contributed by atoms with E-state index in [-0.39, 0.29) is 5.82 Å². The minimum Gasteiger partial charge on any atom is -0.388 e. The van der Waals surface area contributed by atoms with Crippen molar-refractivity contribution in [3.63, 3.8) is 0 Å². The predicted octanol–water partition coefficient (Wildman–Crippen LogP) is 3.61. The van der Waals surface area contributed by atoms with Gasteiger partial charge in [-0.05, 0) is 23.4 Å². The van der Waals surface area contributed by atoms with Crippen molar-refractivity contribution in [2.75, 3.05) is 11.5 Å². The van der Waals surface area contributed by atoms with E-state index in [9.17, 15) is 9.50 Å². The molecule has 0 amide bonds.